The summed E-state index contributed by atoms with van der Waals surface area (Å²) in [5.41, 5.74) is 2.29. The van der Waals surface area contributed by atoms with E-state index in [1.54, 1.807) is 24.3 Å². The number of hydrogen-bond acceptors (Lipinski definition) is 4. The van der Waals surface area contributed by atoms with Crippen molar-refractivity contribution in [3.05, 3.63) is 95.0 Å². The number of nitrogens with one attached hydrogen (secondary N) is 2. The van der Waals surface area contributed by atoms with E-state index >= 15 is 0 Å². The molecule has 3 aromatic carbocycles. The first-order valence-electron chi connectivity index (χ1n) is 10.7. The van der Waals surface area contributed by atoms with Gasteiger partial charge in [0, 0.05) is 17.1 Å². The minimum atomic E-state index is -3.97. The molecule has 0 saturated carbocycles. The molecule has 34 heavy (non-hydrogen) atoms. The Balaban J connectivity index is 1.74. The molecule has 0 spiro atoms. The Morgan fingerprint density at radius 1 is 0.853 bits per heavy atom. The van der Waals surface area contributed by atoms with E-state index in [0.717, 1.165) is 11.1 Å². The fraction of sp³-hybridized carbons (Fsp3) is 0.200. The third kappa shape index (κ3) is 7.69. The molecule has 0 saturated heterocycles. The molecule has 1 atom stereocenters. The quantitative estimate of drug-likeness (QED) is 0.364. The zero-order valence-corrected chi connectivity index (χ0v) is 19.9. The monoisotopic (exact) mass is 500 g/mol. The predicted molar refractivity (Wildman–Crippen MR) is 131 cm³/mol. The van der Waals surface area contributed by atoms with Gasteiger partial charge in [-0.2, -0.15) is 4.72 Å². The van der Waals surface area contributed by atoms with Crippen LogP contribution < -0.4 is 10.0 Å². The molecule has 0 aromatic heterocycles. The Bertz CT molecular complexity index is 1210. The lowest BCUT2D eigenvalue weighted by molar-refractivity contribution is -0.137. The second kappa shape index (κ2) is 11.8. The van der Waals surface area contributed by atoms with Crippen LogP contribution in [-0.2, 0) is 32.5 Å². The van der Waals surface area contributed by atoms with Crippen molar-refractivity contribution in [3.63, 3.8) is 0 Å². The largest absolute Gasteiger partial charge is 0.481 e. The van der Waals surface area contributed by atoms with Crippen molar-refractivity contribution >= 4 is 39.2 Å². The number of carbonyl (C=O) groups is 2. The molecule has 0 fully saturated rings. The summed E-state index contributed by atoms with van der Waals surface area (Å²) >= 11 is 5.86. The molecule has 3 N–H and O–H groups in total. The number of halogens is 1. The topological polar surface area (TPSA) is 113 Å². The van der Waals surface area contributed by atoms with Crippen molar-refractivity contribution in [1.82, 2.24) is 4.72 Å². The van der Waals surface area contributed by atoms with Crippen LogP contribution in [-0.4, -0.2) is 31.4 Å². The van der Waals surface area contributed by atoms with Gasteiger partial charge in [0.25, 0.3) is 0 Å². The Labute approximate surface area is 203 Å². The molecule has 0 aliphatic rings. The summed E-state index contributed by atoms with van der Waals surface area (Å²) < 4.78 is 28.3. The molecule has 3 rings (SSSR count). The SMILES string of the molecule is O=C(O)CCc1ccc(NC(=O)C(CCc2ccccc2)NS(=O)(=O)c2ccc(Cl)cc2)cc1. The van der Waals surface area contributed by atoms with E-state index in [-0.39, 0.29) is 17.7 Å². The molecule has 0 aliphatic carbocycles. The number of amides is 1. The second-order valence-corrected chi connectivity index (χ2v) is 9.88. The average Bonchev–Trinajstić information content (AvgIpc) is 2.82. The van der Waals surface area contributed by atoms with Gasteiger partial charge >= 0.3 is 5.97 Å². The van der Waals surface area contributed by atoms with Crippen LogP contribution in [0.5, 0.6) is 0 Å². The van der Waals surface area contributed by atoms with E-state index in [1.165, 1.54) is 24.3 Å². The molecule has 7 nitrogen and oxygen atoms in total. The zero-order chi connectivity index (χ0) is 24.6. The fourth-order valence-corrected chi connectivity index (χ4v) is 4.66. The Hall–Kier alpha value is -3.20. The number of sulfonamides is 1. The summed E-state index contributed by atoms with van der Waals surface area (Å²) in [6, 6.07) is 21.0. The van der Waals surface area contributed by atoms with Gasteiger partial charge < -0.3 is 10.4 Å². The number of aryl methyl sites for hydroxylation is 2. The first-order chi connectivity index (χ1) is 16.2. The van der Waals surface area contributed by atoms with Crippen molar-refractivity contribution < 1.29 is 23.1 Å². The number of carbonyl (C=O) groups excluding carboxylic acids is 1. The van der Waals surface area contributed by atoms with Gasteiger partial charge in [0.15, 0.2) is 0 Å². The van der Waals surface area contributed by atoms with E-state index in [0.29, 0.717) is 23.6 Å². The van der Waals surface area contributed by atoms with Crippen LogP contribution in [0.2, 0.25) is 5.02 Å². The van der Waals surface area contributed by atoms with Crippen molar-refractivity contribution in [2.45, 2.75) is 36.6 Å². The minimum Gasteiger partial charge on any atom is -0.481 e. The summed E-state index contributed by atoms with van der Waals surface area (Å²) in [7, 11) is -3.97. The molecule has 0 bridgehead atoms. The third-order valence-corrected chi connectivity index (χ3v) is 6.89. The van der Waals surface area contributed by atoms with Gasteiger partial charge in [0.05, 0.1) is 4.90 Å². The number of carboxylic acid groups (broad SMARTS) is 1. The van der Waals surface area contributed by atoms with Gasteiger partial charge in [-0.05, 0) is 66.8 Å². The highest BCUT2D eigenvalue weighted by atomic mass is 35.5. The number of carboxylic acids is 1. The number of benzene rings is 3. The predicted octanol–water partition coefficient (Wildman–Crippen LogP) is 4.28. The lowest BCUT2D eigenvalue weighted by Gasteiger charge is -2.19. The van der Waals surface area contributed by atoms with E-state index in [4.69, 9.17) is 16.7 Å². The first kappa shape index (κ1) is 25.4. The van der Waals surface area contributed by atoms with E-state index in [2.05, 4.69) is 10.0 Å². The molecule has 1 unspecified atom stereocenters. The number of anilines is 1. The van der Waals surface area contributed by atoms with Crippen molar-refractivity contribution in [3.8, 4) is 0 Å². The van der Waals surface area contributed by atoms with E-state index in [1.807, 2.05) is 30.3 Å². The summed E-state index contributed by atoms with van der Waals surface area (Å²) in [5, 5.41) is 12.0. The van der Waals surface area contributed by atoms with E-state index in [9.17, 15) is 18.0 Å². The van der Waals surface area contributed by atoms with Gasteiger partial charge in [-0.15, -0.1) is 0 Å². The lowest BCUT2D eigenvalue weighted by Crippen LogP contribution is -2.44. The minimum absolute atomic E-state index is 0.0113. The molecule has 9 heteroatoms. The smallest absolute Gasteiger partial charge is 0.303 e. The van der Waals surface area contributed by atoms with Crippen LogP contribution in [0.4, 0.5) is 5.69 Å². The standard InChI is InChI=1S/C25H25ClN2O5S/c26-20-10-14-22(15-11-20)34(32,33)28-23(16-8-18-4-2-1-3-5-18)25(31)27-21-12-6-19(7-13-21)9-17-24(29)30/h1-7,10-15,23,28H,8-9,16-17H2,(H,27,31)(H,29,30). The number of rotatable bonds is 11. The average molecular weight is 501 g/mol. The van der Waals surface area contributed by atoms with Crippen LogP contribution in [0.3, 0.4) is 0 Å². The molecule has 0 aliphatic heterocycles. The number of aliphatic carboxylic acids is 1. The van der Waals surface area contributed by atoms with Gasteiger partial charge in [0.1, 0.15) is 6.04 Å². The Morgan fingerprint density at radius 2 is 1.47 bits per heavy atom. The Morgan fingerprint density at radius 3 is 2.09 bits per heavy atom. The maximum atomic E-state index is 13.1. The summed E-state index contributed by atoms with van der Waals surface area (Å²) in [6.07, 6.45) is 1.14. The van der Waals surface area contributed by atoms with Crippen molar-refractivity contribution in [2.24, 2.45) is 0 Å². The highest BCUT2D eigenvalue weighted by Crippen LogP contribution is 2.17. The first-order valence-corrected chi connectivity index (χ1v) is 12.5. The van der Waals surface area contributed by atoms with Crippen molar-refractivity contribution in [2.75, 3.05) is 5.32 Å². The highest BCUT2D eigenvalue weighted by Gasteiger charge is 2.26. The molecule has 0 radical (unpaired) electrons. The van der Waals surface area contributed by atoms with Gasteiger partial charge in [-0.1, -0.05) is 54.1 Å². The molecular formula is C25H25ClN2O5S. The maximum Gasteiger partial charge on any atom is 0.303 e. The van der Waals surface area contributed by atoms with Crippen LogP contribution in [0, 0.1) is 0 Å². The normalized spacial score (nSPS) is 12.1. The molecular weight excluding hydrogens is 476 g/mol. The van der Waals surface area contributed by atoms with Crippen molar-refractivity contribution in [1.29, 1.82) is 0 Å². The molecule has 3 aromatic rings. The van der Waals surface area contributed by atoms with Crippen LogP contribution >= 0.6 is 11.6 Å². The molecule has 0 heterocycles. The second-order valence-electron chi connectivity index (χ2n) is 7.73. The molecule has 1 amide bonds. The summed E-state index contributed by atoms with van der Waals surface area (Å²) in [6.45, 7) is 0. The summed E-state index contributed by atoms with van der Waals surface area (Å²) in [4.78, 5) is 23.8. The number of hydrogen-bond donors (Lipinski definition) is 3. The molecule has 178 valence electrons. The summed E-state index contributed by atoms with van der Waals surface area (Å²) in [5.74, 6) is -1.38. The highest BCUT2D eigenvalue weighted by molar-refractivity contribution is 7.89. The van der Waals surface area contributed by atoms with Gasteiger partial charge in [-0.3, -0.25) is 9.59 Å². The van der Waals surface area contributed by atoms with Crippen LogP contribution in [0.15, 0.2) is 83.8 Å². The maximum absolute atomic E-state index is 13.1. The van der Waals surface area contributed by atoms with Crippen LogP contribution in [0.25, 0.3) is 0 Å². The van der Waals surface area contributed by atoms with Gasteiger partial charge in [0.2, 0.25) is 15.9 Å². The van der Waals surface area contributed by atoms with Crippen LogP contribution in [0.1, 0.15) is 24.0 Å². The van der Waals surface area contributed by atoms with Gasteiger partial charge in [-0.25, -0.2) is 8.42 Å². The Kier molecular flexibility index (Phi) is 8.81. The zero-order valence-electron chi connectivity index (χ0n) is 18.3. The fourth-order valence-electron chi connectivity index (χ4n) is 3.30. The third-order valence-electron chi connectivity index (χ3n) is 5.15. The lowest BCUT2D eigenvalue weighted by atomic mass is 10.1. The van der Waals surface area contributed by atoms with E-state index < -0.39 is 27.9 Å².